The third kappa shape index (κ3) is 2.56. The van der Waals surface area contributed by atoms with Crippen molar-refractivity contribution in [1.82, 2.24) is 9.78 Å². The van der Waals surface area contributed by atoms with Gasteiger partial charge in [-0.1, -0.05) is 0 Å². The van der Waals surface area contributed by atoms with Crippen LogP contribution >= 0.6 is 0 Å². The quantitative estimate of drug-likeness (QED) is 0.843. The molecule has 0 N–H and O–H groups in total. The summed E-state index contributed by atoms with van der Waals surface area (Å²) in [6.07, 6.45) is 5.50. The molecule has 0 saturated carbocycles. The lowest BCUT2D eigenvalue weighted by atomic mass is 10.1. The van der Waals surface area contributed by atoms with Crippen LogP contribution in [0.3, 0.4) is 0 Å². The average Bonchev–Trinajstić information content (AvgIpc) is 2.97. The van der Waals surface area contributed by atoms with Crippen LogP contribution in [0.2, 0.25) is 0 Å². The fourth-order valence-corrected chi connectivity index (χ4v) is 2.46. The highest BCUT2D eigenvalue weighted by Crippen LogP contribution is 2.25. The number of nitrogens with zero attached hydrogens (tertiary/aromatic N) is 3. The highest BCUT2D eigenvalue weighted by Gasteiger charge is 2.17. The summed E-state index contributed by atoms with van der Waals surface area (Å²) in [6.45, 7) is 1.50. The van der Waals surface area contributed by atoms with Crippen molar-refractivity contribution in [3.05, 3.63) is 42.0 Å². The second-order valence-corrected chi connectivity index (χ2v) is 4.89. The molecule has 1 aromatic carbocycles. The minimum absolute atomic E-state index is 0.318. The van der Waals surface area contributed by atoms with Crippen LogP contribution in [0.1, 0.15) is 24.4 Å². The summed E-state index contributed by atoms with van der Waals surface area (Å²) in [5, 5.41) is 13.2. The Morgan fingerprint density at radius 3 is 2.80 bits per heavy atom. The first-order chi connectivity index (χ1) is 9.76. The van der Waals surface area contributed by atoms with E-state index < -0.39 is 5.82 Å². The molecule has 4 nitrogen and oxygen atoms in total. The number of nitriles is 1. The van der Waals surface area contributed by atoms with Gasteiger partial charge in [0.05, 0.1) is 23.9 Å². The van der Waals surface area contributed by atoms with Gasteiger partial charge in [0, 0.05) is 25.0 Å². The number of hydrogen-bond acceptors (Lipinski definition) is 3. The fourth-order valence-electron chi connectivity index (χ4n) is 2.46. The number of halogens is 1. The molecule has 0 atom stereocenters. The predicted octanol–water partition coefficient (Wildman–Crippen LogP) is 2.91. The van der Waals surface area contributed by atoms with Crippen LogP contribution < -0.4 is 0 Å². The van der Waals surface area contributed by atoms with Crippen molar-refractivity contribution in [2.75, 3.05) is 13.2 Å². The normalized spacial score (nSPS) is 16.0. The molecule has 1 aliphatic rings. The molecule has 5 heteroatoms. The summed E-state index contributed by atoms with van der Waals surface area (Å²) in [7, 11) is 0. The molecule has 1 aliphatic heterocycles. The molecule has 3 rings (SSSR count). The first-order valence-corrected chi connectivity index (χ1v) is 6.59. The lowest BCUT2D eigenvalue weighted by Crippen LogP contribution is -2.19. The summed E-state index contributed by atoms with van der Waals surface area (Å²) < 4.78 is 20.7. The SMILES string of the molecule is N#Cc1cc(F)cc(-c2cnn(C3CCOCC3)c2)c1. The van der Waals surface area contributed by atoms with E-state index >= 15 is 0 Å². The van der Waals surface area contributed by atoms with Crippen LogP contribution in [0.4, 0.5) is 4.39 Å². The Bertz CT molecular complexity index is 653. The molecule has 2 heterocycles. The van der Waals surface area contributed by atoms with Crippen molar-refractivity contribution in [2.45, 2.75) is 18.9 Å². The van der Waals surface area contributed by atoms with Crippen molar-refractivity contribution in [2.24, 2.45) is 0 Å². The zero-order valence-corrected chi connectivity index (χ0v) is 10.9. The molecule has 0 aliphatic carbocycles. The van der Waals surface area contributed by atoms with Gasteiger partial charge in [0.15, 0.2) is 0 Å². The van der Waals surface area contributed by atoms with Gasteiger partial charge in [0.1, 0.15) is 5.82 Å². The summed E-state index contributed by atoms with van der Waals surface area (Å²) in [5.41, 5.74) is 1.83. The van der Waals surface area contributed by atoms with Crippen LogP contribution in [0.15, 0.2) is 30.6 Å². The number of rotatable bonds is 2. The van der Waals surface area contributed by atoms with Crippen LogP contribution in [0.25, 0.3) is 11.1 Å². The second kappa shape index (κ2) is 5.43. The number of hydrogen-bond donors (Lipinski definition) is 0. The first-order valence-electron chi connectivity index (χ1n) is 6.59. The number of benzene rings is 1. The molecule has 0 bridgehead atoms. The maximum atomic E-state index is 13.5. The highest BCUT2D eigenvalue weighted by atomic mass is 19.1. The van der Waals surface area contributed by atoms with Crippen molar-refractivity contribution in [1.29, 1.82) is 5.26 Å². The van der Waals surface area contributed by atoms with Gasteiger partial charge in [0.25, 0.3) is 0 Å². The van der Waals surface area contributed by atoms with Gasteiger partial charge in [-0.15, -0.1) is 0 Å². The molecular formula is C15H14FN3O. The highest BCUT2D eigenvalue weighted by molar-refractivity contribution is 5.63. The second-order valence-electron chi connectivity index (χ2n) is 4.89. The lowest BCUT2D eigenvalue weighted by Gasteiger charge is -2.22. The number of aromatic nitrogens is 2. The Hall–Kier alpha value is -2.19. The average molecular weight is 271 g/mol. The molecule has 102 valence electrons. The van der Waals surface area contributed by atoms with Gasteiger partial charge in [0.2, 0.25) is 0 Å². The van der Waals surface area contributed by atoms with Crippen molar-refractivity contribution in [3.63, 3.8) is 0 Å². The summed E-state index contributed by atoms with van der Waals surface area (Å²) >= 11 is 0. The van der Waals surface area contributed by atoms with Gasteiger partial charge < -0.3 is 4.74 Å². The predicted molar refractivity (Wildman–Crippen MR) is 71.4 cm³/mol. The third-order valence-corrected chi connectivity index (χ3v) is 3.53. The van der Waals surface area contributed by atoms with E-state index in [1.54, 1.807) is 12.3 Å². The van der Waals surface area contributed by atoms with Gasteiger partial charge in [-0.3, -0.25) is 4.68 Å². The van der Waals surface area contributed by atoms with Crippen LogP contribution in [0, 0.1) is 17.1 Å². The van der Waals surface area contributed by atoms with Crippen molar-refractivity contribution < 1.29 is 9.13 Å². The maximum absolute atomic E-state index is 13.5. The Morgan fingerprint density at radius 1 is 1.25 bits per heavy atom. The van der Waals surface area contributed by atoms with Crippen molar-refractivity contribution in [3.8, 4) is 17.2 Å². The number of ether oxygens (including phenoxy) is 1. The zero-order chi connectivity index (χ0) is 13.9. The van der Waals surface area contributed by atoms with Gasteiger partial charge in [-0.25, -0.2) is 4.39 Å². The first kappa shape index (κ1) is 12.8. The summed E-state index contributed by atoms with van der Waals surface area (Å²) in [5.74, 6) is -0.405. The molecule has 1 saturated heterocycles. The molecule has 0 radical (unpaired) electrons. The van der Waals surface area contributed by atoms with E-state index in [-0.39, 0.29) is 0 Å². The monoisotopic (exact) mass is 271 g/mol. The topological polar surface area (TPSA) is 50.8 Å². The minimum atomic E-state index is -0.405. The fraction of sp³-hybridized carbons (Fsp3) is 0.333. The van der Waals surface area contributed by atoms with E-state index in [9.17, 15) is 4.39 Å². The van der Waals surface area contributed by atoms with Crippen LogP contribution in [-0.4, -0.2) is 23.0 Å². The zero-order valence-electron chi connectivity index (χ0n) is 10.9. The van der Waals surface area contributed by atoms with Crippen molar-refractivity contribution >= 4 is 0 Å². The van der Waals surface area contributed by atoms with Gasteiger partial charge in [-0.05, 0) is 36.6 Å². The van der Waals surface area contributed by atoms with E-state index in [4.69, 9.17) is 10.00 Å². The van der Waals surface area contributed by atoms with E-state index in [1.807, 2.05) is 16.9 Å². The smallest absolute Gasteiger partial charge is 0.125 e. The Morgan fingerprint density at radius 2 is 2.05 bits per heavy atom. The molecule has 0 unspecified atom stereocenters. The van der Waals surface area contributed by atoms with Gasteiger partial charge in [-0.2, -0.15) is 10.4 Å². The molecule has 2 aromatic rings. The molecule has 1 aromatic heterocycles. The molecule has 0 amide bonds. The Balaban J connectivity index is 1.90. The molecule has 0 spiro atoms. The Kier molecular flexibility index (Phi) is 3.48. The molecule has 1 fully saturated rings. The van der Waals surface area contributed by atoms with E-state index in [2.05, 4.69) is 5.10 Å². The lowest BCUT2D eigenvalue weighted by molar-refractivity contribution is 0.0662. The van der Waals surface area contributed by atoms with E-state index in [0.29, 0.717) is 17.2 Å². The van der Waals surface area contributed by atoms with E-state index in [1.165, 1.54) is 12.1 Å². The summed E-state index contributed by atoms with van der Waals surface area (Å²) in [4.78, 5) is 0. The summed E-state index contributed by atoms with van der Waals surface area (Å²) in [6, 6.07) is 6.63. The molecular weight excluding hydrogens is 257 g/mol. The van der Waals surface area contributed by atoms with Crippen LogP contribution in [0.5, 0.6) is 0 Å². The van der Waals surface area contributed by atoms with Crippen LogP contribution in [-0.2, 0) is 4.74 Å². The Labute approximate surface area is 116 Å². The molecule has 20 heavy (non-hydrogen) atoms. The third-order valence-electron chi connectivity index (χ3n) is 3.53. The van der Waals surface area contributed by atoms with Gasteiger partial charge >= 0.3 is 0 Å². The maximum Gasteiger partial charge on any atom is 0.125 e. The largest absolute Gasteiger partial charge is 0.381 e. The minimum Gasteiger partial charge on any atom is -0.381 e. The standard InChI is InChI=1S/C15H14FN3O/c16-14-6-11(8-17)5-12(7-14)13-9-18-19(10-13)15-1-3-20-4-2-15/h5-7,9-10,15H,1-4H2. The van der Waals surface area contributed by atoms with E-state index in [0.717, 1.165) is 31.6 Å².